The minimum atomic E-state index is -0.401. The zero-order valence-corrected chi connectivity index (χ0v) is 10.3. The van der Waals surface area contributed by atoms with Crippen LogP contribution in [0.2, 0.25) is 0 Å². The van der Waals surface area contributed by atoms with Gasteiger partial charge in [-0.15, -0.1) is 0 Å². The van der Waals surface area contributed by atoms with E-state index in [2.05, 4.69) is 15.0 Å². The fourth-order valence-electron chi connectivity index (χ4n) is 1.54. The molecule has 0 saturated heterocycles. The highest BCUT2D eigenvalue weighted by atomic mass is 16.5. The van der Waals surface area contributed by atoms with Gasteiger partial charge >= 0.3 is 5.97 Å². The molecule has 1 N–H and O–H groups in total. The summed E-state index contributed by atoms with van der Waals surface area (Å²) in [4.78, 5) is 15.3. The summed E-state index contributed by atoms with van der Waals surface area (Å²) in [6.07, 6.45) is 4.90. The number of pyridine rings is 1. The summed E-state index contributed by atoms with van der Waals surface area (Å²) < 4.78 is 9.85. The molecule has 2 heterocycles. The number of nitrogens with one attached hydrogen (secondary N) is 1. The molecule has 5 heteroatoms. The average Bonchev–Trinajstić information content (AvgIpc) is 2.84. The van der Waals surface area contributed by atoms with E-state index in [1.54, 1.807) is 18.5 Å². The Balaban J connectivity index is 1.98. The van der Waals surface area contributed by atoms with E-state index in [0.29, 0.717) is 17.9 Å². The number of esters is 1. The second-order valence-electron chi connectivity index (χ2n) is 3.90. The smallest absolute Gasteiger partial charge is 0.341 e. The Hall–Kier alpha value is -2.30. The largest absolute Gasteiger partial charge is 0.467 e. The summed E-state index contributed by atoms with van der Waals surface area (Å²) in [7, 11) is 1.34. The highest BCUT2D eigenvalue weighted by Gasteiger charge is 2.09. The van der Waals surface area contributed by atoms with Crippen molar-refractivity contribution in [2.45, 2.75) is 13.5 Å². The molecule has 0 fully saturated rings. The van der Waals surface area contributed by atoms with Gasteiger partial charge in [-0.1, -0.05) is 0 Å². The van der Waals surface area contributed by atoms with Gasteiger partial charge in [0, 0.05) is 12.4 Å². The van der Waals surface area contributed by atoms with Gasteiger partial charge in [-0.25, -0.2) is 4.79 Å². The van der Waals surface area contributed by atoms with Crippen LogP contribution in [0.1, 0.15) is 21.7 Å². The minimum absolute atomic E-state index is 0.401. The second-order valence-corrected chi connectivity index (χ2v) is 3.90. The van der Waals surface area contributed by atoms with E-state index in [1.165, 1.54) is 13.4 Å². The fourth-order valence-corrected chi connectivity index (χ4v) is 1.54. The van der Waals surface area contributed by atoms with Crippen molar-refractivity contribution in [1.29, 1.82) is 0 Å². The maximum absolute atomic E-state index is 11.2. The molecule has 0 aliphatic rings. The number of hydrogen-bond acceptors (Lipinski definition) is 5. The van der Waals surface area contributed by atoms with Crippen LogP contribution in [-0.4, -0.2) is 18.1 Å². The third-order valence-electron chi connectivity index (χ3n) is 2.42. The van der Waals surface area contributed by atoms with E-state index >= 15 is 0 Å². The predicted octanol–water partition coefficient (Wildman–Crippen LogP) is 2.38. The second kappa shape index (κ2) is 5.35. The molecule has 0 aromatic carbocycles. The van der Waals surface area contributed by atoms with Crippen LogP contribution in [0.25, 0.3) is 0 Å². The quantitative estimate of drug-likeness (QED) is 0.839. The SMILES string of the molecule is COC(=O)c1coc(CNc2cncc(C)c2)c1. The minimum Gasteiger partial charge on any atom is -0.467 e. The monoisotopic (exact) mass is 246 g/mol. The number of aryl methyl sites for hydroxylation is 1. The maximum atomic E-state index is 11.2. The first-order valence-corrected chi connectivity index (χ1v) is 5.50. The van der Waals surface area contributed by atoms with Crippen molar-refractivity contribution in [1.82, 2.24) is 4.98 Å². The Kier molecular flexibility index (Phi) is 3.62. The summed E-state index contributed by atoms with van der Waals surface area (Å²) in [5.74, 6) is 0.263. The molecule has 2 aromatic rings. The first-order chi connectivity index (χ1) is 8.69. The maximum Gasteiger partial charge on any atom is 0.341 e. The Morgan fingerprint density at radius 1 is 1.44 bits per heavy atom. The van der Waals surface area contributed by atoms with Crippen molar-refractivity contribution < 1.29 is 13.9 Å². The fraction of sp³-hybridized carbons (Fsp3) is 0.231. The first kappa shape index (κ1) is 12.2. The number of aromatic nitrogens is 1. The number of methoxy groups -OCH3 is 1. The summed E-state index contributed by atoms with van der Waals surface area (Å²) in [5.41, 5.74) is 2.40. The number of carbonyl (C=O) groups is 1. The molecular weight excluding hydrogens is 232 g/mol. The standard InChI is InChI=1S/C13H14N2O3/c1-9-3-11(6-14-5-9)15-7-12-4-10(8-18-12)13(16)17-2/h3-6,8,15H,7H2,1-2H3. The van der Waals surface area contributed by atoms with Gasteiger partial charge in [0.15, 0.2) is 0 Å². The number of hydrogen-bond donors (Lipinski definition) is 1. The molecule has 0 bridgehead atoms. The number of furan rings is 1. The molecule has 0 saturated carbocycles. The van der Waals surface area contributed by atoms with Crippen molar-refractivity contribution in [2.75, 3.05) is 12.4 Å². The summed E-state index contributed by atoms with van der Waals surface area (Å²) in [6.45, 7) is 2.46. The summed E-state index contributed by atoms with van der Waals surface area (Å²) in [5, 5.41) is 3.16. The molecule has 2 aromatic heterocycles. The lowest BCUT2D eigenvalue weighted by Gasteiger charge is -2.03. The van der Waals surface area contributed by atoms with Crippen LogP contribution in [-0.2, 0) is 11.3 Å². The lowest BCUT2D eigenvalue weighted by molar-refractivity contribution is 0.0600. The van der Waals surface area contributed by atoms with Gasteiger partial charge in [-0.2, -0.15) is 0 Å². The molecule has 0 aliphatic carbocycles. The van der Waals surface area contributed by atoms with Crippen molar-refractivity contribution in [2.24, 2.45) is 0 Å². The van der Waals surface area contributed by atoms with Crippen LogP contribution >= 0.6 is 0 Å². The lowest BCUT2D eigenvalue weighted by Crippen LogP contribution is -2.00. The lowest BCUT2D eigenvalue weighted by atomic mass is 10.3. The number of rotatable bonds is 4. The van der Waals surface area contributed by atoms with Crippen LogP contribution in [0.15, 0.2) is 35.2 Å². The highest BCUT2D eigenvalue weighted by molar-refractivity contribution is 5.88. The molecular formula is C13H14N2O3. The van der Waals surface area contributed by atoms with Crippen molar-refractivity contribution >= 4 is 11.7 Å². The number of carbonyl (C=O) groups excluding carboxylic acids is 1. The predicted molar refractivity (Wildman–Crippen MR) is 66.3 cm³/mol. The average molecular weight is 246 g/mol. The number of ether oxygens (including phenoxy) is 1. The van der Waals surface area contributed by atoms with Gasteiger partial charge in [-0.3, -0.25) is 4.98 Å². The molecule has 0 radical (unpaired) electrons. The van der Waals surface area contributed by atoms with Crippen LogP contribution in [0.5, 0.6) is 0 Å². The molecule has 2 rings (SSSR count). The van der Waals surface area contributed by atoms with Gasteiger partial charge in [-0.05, 0) is 24.6 Å². The van der Waals surface area contributed by atoms with Crippen LogP contribution < -0.4 is 5.32 Å². The van der Waals surface area contributed by atoms with Gasteiger partial charge in [0.1, 0.15) is 12.0 Å². The summed E-state index contributed by atoms with van der Waals surface area (Å²) >= 11 is 0. The van der Waals surface area contributed by atoms with Crippen LogP contribution in [0, 0.1) is 6.92 Å². The van der Waals surface area contributed by atoms with Gasteiger partial charge in [0.25, 0.3) is 0 Å². The summed E-state index contributed by atoms with van der Waals surface area (Å²) in [6, 6.07) is 3.64. The molecule has 18 heavy (non-hydrogen) atoms. The Labute approximate surface area is 105 Å². The highest BCUT2D eigenvalue weighted by Crippen LogP contribution is 2.12. The Morgan fingerprint density at radius 3 is 3.00 bits per heavy atom. The molecule has 0 atom stereocenters. The Morgan fingerprint density at radius 2 is 2.28 bits per heavy atom. The van der Waals surface area contributed by atoms with Crippen molar-refractivity contribution in [3.63, 3.8) is 0 Å². The third kappa shape index (κ3) is 2.88. The zero-order chi connectivity index (χ0) is 13.0. The van der Waals surface area contributed by atoms with E-state index in [0.717, 1.165) is 11.3 Å². The van der Waals surface area contributed by atoms with Gasteiger partial charge < -0.3 is 14.5 Å². The van der Waals surface area contributed by atoms with Crippen molar-refractivity contribution in [3.8, 4) is 0 Å². The van der Waals surface area contributed by atoms with Crippen molar-refractivity contribution in [3.05, 3.63) is 47.7 Å². The molecule has 0 aliphatic heterocycles. The normalized spacial score (nSPS) is 10.1. The number of anilines is 1. The van der Waals surface area contributed by atoms with E-state index in [9.17, 15) is 4.79 Å². The van der Waals surface area contributed by atoms with E-state index < -0.39 is 5.97 Å². The van der Waals surface area contributed by atoms with E-state index in [4.69, 9.17) is 4.42 Å². The molecule has 0 amide bonds. The molecule has 0 spiro atoms. The van der Waals surface area contributed by atoms with Gasteiger partial charge in [0.2, 0.25) is 0 Å². The topological polar surface area (TPSA) is 64.4 Å². The molecule has 0 unspecified atom stereocenters. The van der Waals surface area contributed by atoms with Gasteiger partial charge in [0.05, 0.1) is 24.9 Å². The molecule has 5 nitrogen and oxygen atoms in total. The van der Waals surface area contributed by atoms with E-state index in [1.807, 2.05) is 13.0 Å². The van der Waals surface area contributed by atoms with Crippen LogP contribution in [0.4, 0.5) is 5.69 Å². The Bertz CT molecular complexity index is 549. The zero-order valence-electron chi connectivity index (χ0n) is 10.3. The molecule has 94 valence electrons. The number of nitrogens with zero attached hydrogens (tertiary/aromatic N) is 1. The van der Waals surface area contributed by atoms with Crippen LogP contribution in [0.3, 0.4) is 0 Å². The van der Waals surface area contributed by atoms with E-state index in [-0.39, 0.29) is 0 Å². The first-order valence-electron chi connectivity index (χ1n) is 5.50. The third-order valence-corrected chi connectivity index (χ3v) is 2.42.